The van der Waals surface area contributed by atoms with Crippen molar-refractivity contribution in [2.45, 2.75) is 38.0 Å². The number of Topliss-reactive ketones (excluding diaryl/α,β-unsaturated/α-hetero) is 1. The van der Waals surface area contributed by atoms with Crippen molar-refractivity contribution < 1.29 is 14.7 Å². The van der Waals surface area contributed by atoms with Crippen molar-refractivity contribution in [2.24, 2.45) is 0 Å². The molecule has 0 unspecified atom stereocenters. The van der Waals surface area contributed by atoms with E-state index in [-0.39, 0.29) is 5.56 Å². The summed E-state index contributed by atoms with van der Waals surface area (Å²) in [6.45, 7) is 0. The molecule has 0 atom stereocenters. The Morgan fingerprint density at radius 3 is 2.39 bits per heavy atom. The number of carbonyl (C=O) groups excluding carboxylic acids is 1. The summed E-state index contributed by atoms with van der Waals surface area (Å²) in [4.78, 5) is 22.0. The van der Waals surface area contributed by atoms with E-state index in [0.29, 0.717) is 5.92 Å². The predicted molar refractivity (Wildman–Crippen MR) is 71.9 cm³/mol. The Morgan fingerprint density at radius 2 is 1.83 bits per heavy atom. The van der Waals surface area contributed by atoms with E-state index in [1.165, 1.54) is 37.7 Å². The second-order valence-corrected chi connectivity index (χ2v) is 5.56. The van der Waals surface area contributed by atoms with Crippen LogP contribution in [0.15, 0.2) is 22.7 Å². The summed E-state index contributed by atoms with van der Waals surface area (Å²) < 4.78 is 0.849. The molecular formula is C14H15BrO3. The van der Waals surface area contributed by atoms with Crippen LogP contribution in [0.1, 0.15) is 53.9 Å². The molecule has 0 radical (unpaired) electrons. The van der Waals surface area contributed by atoms with E-state index in [2.05, 4.69) is 15.9 Å². The maximum atomic E-state index is 11.4. The average molecular weight is 311 g/mol. The number of hydrogen-bond acceptors (Lipinski definition) is 2. The Kier molecular flexibility index (Phi) is 4.17. The lowest BCUT2D eigenvalue weighted by molar-refractivity contribution is -0.131. The SMILES string of the molecule is O=C(O)C(=O)c1ccc(C2CCCCC2)c(Br)c1. The molecule has 0 saturated heterocycles. The monoisotopic (exact) mass is 310 g/mol. The fraction of sp³-hybridized carbons (Fsp3) is 0.429. The van der Waals surface area contributed by atoms with Gasteiger partial charge in [-0.3, -0.25) is 4.79 Å². The Balaban J connectivity index is 2.24. The van der Waals surface area contributed by atoms with Gasteiger partial charge >= 0.3 is 5.97 Å². The maximum Gasteiger partial charge on any atom is 0.377 e. The topological polar surface area (TPSA) is 54.4 Å². The van der Waals surface area contributed by atoms with Gasteiger partial charge < -0.3 is 5.11 Å². The van der Waals surface area contributed by atoms with Gasteiger partial charge in [0, 0.05) is 10.0 Å². The van der Waals surface area contributed by atoms with Crippen molar-refractivity contribution >= 4 is 27.7 Å². The molecule has 0 bridgehead atoms. The normalized spacial score (nSPS) is 16.5. The summed E-state index contributed by atoms with van der Waals surface area (Å²) in [5, 5.41) is 8.68. The van der Waals surface area contributed by atoms with Crippen molar-refractivity contribution in [3.05, 3.63) is 33.8 Å². The minimum absolute atomic E-state index is 0.230. The van der Waals surface area contributed by atoms with E-state index in [0.717, 1.165) is 4.47 Å². The molecule has 2 rings (SSSR count). The molecule has 1 N–H and O–H groups in total. The van der Waals surface area contributed by atoms with Gasteiger partial charge in [-0.2, -0.15) is 0 Å². The van der Waals surface area contributed by atoms with Crippen molar-refractivity contribution in [1.29, 1.82) is 0 Å². The van der Waals surface area contributed by atoms with E-state index in [1.807, 2.05) is 6.07 Å². The van der Waals surface area contributed by atoms with E-state index < -0.39 is 11.8 Å². The molecule has 1 aliphatic carbocycles. The fourth-order valence-corrected chi connectivity index (χ4v) is 3.24. The lowest BCUT2D eigenvalue weighted by Crippen LogP contribution is -2.13. The zero-order valence-electron chi connectivity index (χ0n) is 9.99. The molecule has 0 aliphatic heterocycles. The van der Waals surface area contributed by atoms with E-state index >= 15 is 0 Å². The average Bonchev–Trinajstić information content (AvgIpc) is 2.38. The summed E-state index contributed by atoms with van der Waals surface area (Å²) in [5.74, 6) is -1.74. The summed E-state index contributed by atoms with van der Waals surface area (Å²) in [6, 6.07) is 5.13. The molecule has 0 spiro atoms. The number of ketones is 1. The highest BCUT2D eigenvalue weighted by Crippen LogP contribution is 2.36. The van der Waals surface area contributed by atoms with E-state index in [1.54, 1.807) is 12.1 Å². The molecule has 96 valence electrons. The molecule has 1 fully saturated rings. The molecule has 18 heavy (non-hydrogen) atoms. The van der Waals surface area contributed by atoms with Gasteiger partial charge in [-0.25, -0.2) is 4.79 Å². The molecular weight excluding hydrogens is 296 g/mol. The Bertz CT molecular complexity index is 476. The Hall–Kier alpha value is -1.16. The number of carboxylic acid groups (broad SMARTS) is 1. The third-order valence-electron chi connectivity index (χ3n) is 3.50. The van der Waals surface area contributed by atoms with Crippen molar-refractivity contribution in [3.8, 4) is 0 Å². The van der Waals surface area contributed by atoms with Gasteiger partial charge in [0.2, 0.25) is 0 Å². The number of hydrogen-bond donors (Lipinski definition) is 1. The molecule has 1 aromatic carbocycles. The van der Waals surface area contributed by atoms with Crippen LogP contribution >= 0.6 is 15.9 Å². The first-order valence-corrected chi connectivity index (χ1v) is 6.96. The zero-order valence-corrected chi connectivity index (χ0v) is 11.6. The molecule has 3 nitrogen and oxygen atoms in total. The van der Waals surface area contributed by atoms with E-state index in [9.17, 15) is 9.59 Å². The molecule has 4 heteroatoms. The van der Waals surface area contributed by atoms with Crippen LogP contribution in [0.2, 0.25) is 0 Å². The van der Waals surface area contributed by atoms with Gasteiger partial charge in [0.25, 0.3) is 5.78 Å². The number of aliphatic carboxylic acids is 1. The largest absolute Gasteiger partial charge is 0.475 e. The van der Waals surface area contributed by atoms with Crippen LogP contribution in [0.5, 0.6) is 0 Å². The van der Waals surface area contributed by atoms with E-state index in [4.69, 9.17) is 5.11 Å². The van der Waals surface area contributed by atoms with Crippen LogP contribution in [0.3, 0.4) is 0 Å². The Labute approximate surface area is 114 Å². The number of rotatable bonds is 3. The number of carbonyl (C=O) groups is 2. The third kappa shape index (κ3) is 2.80. The highest BCUT2D eigenvalue weighted by molar-refractivity contribution is 9.10. The minimum atomic E-state index is -1.41. The van der Waals surface area contributed by atoms with Gasteiger partial charge in [0.05, 0.1) is 0 Å². The van der Waals surface area contributed by atoms with Crippen LogP contribution in [-0.2, 0) is 4.79 Å². The van der Waals surface area contributed by atoms with Crippen molar-refractivity contribution in [3.63, 3.8) is 0 Å². The van der Waals surface area contributed by atoms with Gasteiger partial charge in [0.15, 0.2) is 0 Å². The summed E-state index contributed by atoms with van der Waals surface area (Å²) in [7, 11) is 0. The lowest BCUT2D eigenvalue weighted by atomic mass is 9.84. The summed E-state index contributed by atoms with van der Waals surface area (Å²) in [5.41, 5.74) is 1.42. The van der Waals surface area contributed by atoms with Crippen LogP contribution in [-0.4, -0.2) is 16.9 Å². The first kappa shape index (κ1) is 13.3. The molecule has 0 aromatic heterocycles. The molecule has 1 saturated carbocycles. The minimum Gasteiger partial charge on any atom is -0.475 e. The maximum absolute atomic E-state index is 11.4. The van der Waals surface area contributed by atoms with Crippen molar-refractivity contribution in [2.75, 3.05) is 0 Å². The number of benzene rings is 1. The highest BCUT2D eigenvalue weighted by atomic mass is 79.9. The van der Waals surface area contributed by atoms with Gasteiger partial charge in [0.1, 0.15) is 0 Å². The molecule has 1 aliphatic rings. The molecule has 0 heterocycles. The van der Waals surface area contributed by atoms with Crippen molar-refractivity contribution in [1.82, 2.24) is 0 Å². The third-order valence-corrected chi connectivity index (χ3v) is 4.19. The first-order chi connectivity index (χ1) is 8.59. The smallest absolute Gasteiger partial charge is 0.377 e. The number of carboxylic acids is 1. The zero-order chi connectivity index (χ0) is 13.1. The quantitative estimate of drug-likeness (QED) is 0.683. The Morgan fingerprint density at radius 1 is 1.17 bits per heavy atom. The standard InChI is InChI=1S/C14H15BrO3/c15-12-8-10(13(16)14(17)18)6-7-11(12)9-4-2-1-3-5-9/h6-9H,1-5H2,(H,17,18). The van der Waals surface area contributed by atoms with Crippen LogP contribution in [0.25, 0.3) is 0 Å². The van der Waals surface area contributed by atoms with Crippen LogP contribution in [0.4, 0.5) is 0 Å². The lowest BCUT2D eigenvalue weighted by Gasteiger charge is -2.23. The second-order valence-electron chi connectivity index (χ2n) is 4.71. The second kappa shape index (κ2) is 5.65. The molecule has 0 amide bonds. The number of halogens is 1. The summed E-state index contributed by atoms with van der Waals surface area (Å²) in [6.07, 6.45) is 6.12. The predicted octanol–water partition coefficient (Wildman–Crippen LogP) is 3.76. The first-order valence-electron chi connectivity index (χ1n) is 6.16. The molecule has 1 aromatic rings. The highest BCUT2D eigenvalue weighted by Gasteiger charge is 2.20. The fourth-order valence-electron chi connectivity index (χ4n) is 2.54. The van der Waals surface area contributed by atoms with Crippen LogP contribution in [0, 0.1) is 0 Å². The van der Waals surface area contributed by atoms with Crippen LogP contribution < -0.4 is 0 Å². The van der Waals surface area contributed by atoms with Gasteiger partial charge in [-0.15, -0.1) is 0 Å². The summed E-state index contributed by atoms with van der Waals surface area (Å²) >= 11 is 3.45. The van der Waals surface area contributed by atoms with Gasteiger partial charge in [-0.05, 0) is 30.4 Å². The van der Waals surface area contributed by atoms with Gasteiger partial charge in [-0.1, -0.05) is 47.3 Å².